The number of para-hydroxylation sites is 1. The summed E-state index contributed by atoms with van der Waals surface area (Å²) in [6, 6.07) is 11.3. The number of aldehydes is 1. The highest BCUT2D eigenvalue weighted by Gasteiger charge is 2.18. The standard InChI is InChI=1S/C14H11NO4/c1-10-4-2-7-13(14(10)15(17)18)19-12-6-3-5-11(8-12)9-16/h2-9H,1H3. The molecular weight excluding hydrogens is 246 g/mol. The van der Waals surface area contributed by atoms with Gasteiger partial charge in [0, 0.05) is 11.1 Å². The highest BCUT2D eigenvalue weighted by atomic mass is 16.6. The van der Waals surface area contributed by atoms with Crippen LogP contribution in [0, 0.1) is 17.0 Å². The Morgan fingerprint density at radius 3 is 2.63 bits per heavy atom. The molecular formula is C14H11NO4. The molecule has 0 radical (unpaired) electrons. The molecule has 5 heteroatoms. The van der Waals surface area contributed by atoms with Gasteiger partial charge >= 0.3 is 5.69 Å². The number of rotatable bonds is 4. The molecule has 0 amide bonds. The van der Waals surface area contributed by atoms with Crippen LogP contribution < -0.4 is 4.74 Å². The maximum Gasteiger partial charge on any atom is 0.314 e. The third kappa shape index (κ3) is 2.77. The second-order valence-corrected chi connectivity index (χ2v) is 3.97. The van der Waals surface area contributed by atoms with Crippen molar-refractivity contribution in [2.45, 2.75) is 6.92 Å². The summed E-state index contributed by atoms with van der Waals surface area (Å²) in [6.07, 6.45) is 0.692. The number of carbonyl (C=O) groups is 1. The molecule has 2 rings (SSSR count). The molecule has 0 saturated heterocycles. The topological polar surface area (TPSA) is 69.4 Å². The first-order valence-corrected chi connectivity index (χ1v) is 5.59. The van der Waals surface area contributed by atoms with Gasteiger partial charge in [0.2, 0.25) is 5.75 Å². The Kier molecular flexibility index (Phi) is 3.56. The summed E-state index contributed by atoms with van der Waals surface area (Å²) in [6.45, 7) is 1.65. The summed E-state index contributed by atoms with van der Waals surface area (Å²) >= 11 is 0. The van der Waals surface area contributed by atoms with E-state index in [9.17, 15) is 14.9 Å². The van der Waals surface area contributed by atoms with Gasteiger partial charge in [-0.15, -0.1) is 0 Å². The minimum absolute atomic E-state index is 0.0704. The van der Waals surface area contributed by atoms with Gasteiger partial charge < -0.3 is 4.74 Å². The monoisotopic (exact) mass is 257 g/mol. The van der Waals surface area contributed by atoms with E-state index < -0.39 is 4.92 Å². The fraction of sp³-hybridized carbons (Fsp3) is 0.0714. The van der Waals surface area contributed by atoms with E-state index in [2.05, 4.69) is 0 Å². The fourth-order valence-corrected chi connectivity index (χ4v) is 1.73. The number of nitrogens with zero attached hydrogens (tertiary/aromatic N) is 1. The van der Waals surface area contributed by atoms with E-state index in [1.54, 1.807) is 37.3 Å². The quantitative estimate of drug-likeness (QED) is 0.477. The number of benzene rings is 2. The first-order valence-electron chi connectivity index (χ1n) is 5.59. The lowest BCUT2D eigenvalue weighted by Crippen LogP contribution is -1.96. The van der Waals surface area contributed by atoms with Crippen LogP contribution in [-0.2, 0) is 0 Å². The van der Waals surface area contributed by atoms with Crippen molar-refractivity contribution in [3.63, 3.8) is 0 Å². The molecule has 0 aliphatic heterocycles. The second kappa shape index (κ2) is 5.30. The van der Waals surface area contributed by atoms with Gasteiger partial charge in [0.25, 0.3) is 0 Å². The zero-order chi connectivity index (χ0) is 13.8. The minimum Gasteiger partial charge on any atom is -0.450 e. The molecule has 5 nitrogen and oxygen atoms in total. The highest BCUT2D eigenvalue weighted by Crippen LogP contribution is 2.33. The third-order valence-electron chi connectivity index (χ3n) is 2.61. The van der Waals surface area contributed by atoms with Crippen molar-refractivity contribution in [3.8, 4) is 11.5 Å². The molecule has 0 aliphatic carbocycles. The molecule has 0 fully saturated rings. The molecule has 0 atom stereocenters. The summed E-state index contributed by atoms with van der Waals surface area (Å²) in [7, 11) is 0. The Balaban J connectivity index is 2.40. The van der Waals surface area contributed by atoms with Crippen molar-refractivity contribution in [2.75, 3.05) is 0 Å². The Hall–Kier alpha value is -2.69. The number of hydrogen-bond acceptors (Lipinski definition) is 4. The Labute approximate surface area is 109 Å². The Bertz CT molecular complexity index is 637. The smallest absolute Gasteiger partial charge is 0.314 e. The van der Waals surface area contributed by atoms with Crippen molar-refractivity contribution in [2.24, 2.45) is 0 Å². The lowest BCUT2D eigenvalue weighted by atomic mass is 10.2. The molecule has 0 unspecified atom stereocenters. The lowest BCUT2D eigenvalue weighted by molar-refractivity contribution is -0.386. The van der Waals surface area contributed by atoms with E-state index in [1.807, 2.05) is 0 Å². The maximum atomic E-state index is 11.0. The van der Waals surface area contributed by atoms with Gasteiger partial charge in [-0.2, -0.15) is 0 Å². The van der Waals surface area contributed by atoms with Gasteiger partial charge in [0.1, 0.15) is 12.0 Å². The fourth-order valence-electron chi connectivity index (χ4n) is 1.73. The van der Waals surface area contributed by atoms with Crippen LogP contribution in [0.15, 0.2) is 42.5 Å². The summed E-state index contributed by atoms with van der Waals surface area (Å²) in [4.78, 5) is 21.2. The average molecular weight is 257 g/mol. The zero-order valence-electron chi connectivity index (χ0n) is 10.2. The van der Waals surface area contributed by atoms with E-state index in [0.717, 1.165) is 0 Å². The van der Waals surface area contributed by atoms with Crippen LogP contribution in [0.4, 0.5) is 5.69 Å². The second-order valence-electron chi connectivity index (χ2n) is 3.97. The van der Waals surface area contributed by atoms with E-state index >= 15 is 0 Å². The first kappa shape index (κ1) is 12.8. The Morgan fingerprint density at radius 1 is 1.21 bits per heavy atom. The largest absolute Gasteiger partial charge is 0.450 e. The van der Waals surface area contributed by atoms with Crippen molar-refractivity contribution in [3.05, 3.63) is 63.7 Å². The van der Waals surface area contributed by atoms with E-state index in [0.29, 0.717) is 23.2 Å². The molecule has 0 bridgehead atoms. The van der Waals surface area contributed by atoms with Gasteiger partial charge in [0.05, 0.1) is 4.92 Å². The number of nitro benzene ring substituents is 1. The van der Waals surface area contributed by atoms with Gasteiger partial charge in [-0.3, -0.25) is 14.9 Å². The summed E-state index contributed by atoms with van der Waals surface area (Å²) in [5, 5.41) is 11.0. The molecule has 2 aromatic rings. The van der Waals surface area contributed by atoms with Crippen LogP contribution in [0.2, 0.25) is 0 Å². The van der Waals surface area contributed by atoms with Crippen molar-refractivity contribution in [1.82, 2.24) is 0 Å². The number of carbonyl (C=O) groups excluding carboxylic acids is 1. The molecule has 19 heavy (non-hydrogen) atoms. The number of ether oxygens (including phenoxy) is 1. The number of hydrogen-bond donors (Lipinski definition) is 0. The SMILES string of the molecule is Cc1cccc(Oc2cccc(C=O)c2)c1[N+](=O)[O-]. The van der Waals surface area contributed by atoms with Crippen molar-refractivity contribution < 1.29 is 14.5 Å². The summed E-state index contributed by atoms with van der Waals surface area (Å²) < 4.78 is 5.49. The molecule has 96 valence electrons. The third-order valence-corrected chi connectivity index (χ3v) is 2.61. The molecule has 0 N–H and O–H groups in total. The van der Waals surface area contributed by atoms with Crippen LogP contribution >= 0.6 is 0 Å². The van der Waals surface area contributed by atoms with Crippen LogP contribution in [0.3, 0.4) is 0 Å². The molecule has 0 aromatic heterocycles. The van der Waals surface area contributed by atoms with E-state index in [4.69, 9.17) is 4.74 Å². The molecule has 0 aliphatic rings. The number of aryl methyl sites for hydroxylation is 1. The molecule has 0 heterocycles. The van der Waals surface area contributed by atoms with E-state index in [1.165, 1.54) is 12.1 Å². The molecule has 0 saturated carbocycles. The predicted molar refractivity (Wildman–Crippen MR) is 69.7 cm³/mol. The van der Waals surface area contributed by atoms with Gasteiger partial charge in [-0.1, -0.05) is 24.3 Å². The molecule has 2 aromatic carbocycles. The first-order chi connectivity index (χ1) is 9.11. The normalized spacial score (nSPS) is 9.95. The van der Waals surface area contributed by atoms with Crippen LogP contribution in [0.1, 0.15) is 15.9 Å². The summed E-state index contributed by atoms with van der Waals surface area (Å²) in [5.41, 5.74) is 0.904. The summed E-state index contributed by atoms with van der Waals surface area (Å²) in [5.74, 6) is 0.548. The maximum absolute atomic E-state index is 11.0. The van der Waals surface area contributed by atoms with E-state index in [-0.39, 0.29) is 11.4 Å². The zero-order valence-corrected chi connectivity index (χ0v) is 10.2. The minimum atomic E-state index is -0.478. The van der Waals surface area contributed by atoms with Gasteiger partial charge in [0.15, 0.2) is 0 Å². The van der Waals surface area contributed by atoms with Gasteiger partial charge in [-0.25, -0.2) is 0 Å². The Morgan fingerprint density at radius 2 is 1.95 bits per heavy atom. The van der Waals surface area contributed by atoms with Crippen molar-refractivity contribution >= 4 is 12.0 Å². The predicted octanol–water partition coefficient (Wildman–Crippen LogP) is 3.51. The van der Waals surface area contributed by atoms with Crippen LogP contribution in [0.5, 0.6) is 11.5 Å². The van der Waals surface area contributed by atoms with Crippen LogP contribution in [0.25, 0.3) is 0 Å². The van der Waals surface area contributed by atoms with Crippen LogP contribution in [-0.4, -0.2) is 11.2 Å². The highest BCUT2D eigenvalue weighted by molar-refractivity contribution is 5.75. The average Bonchev–Trinajstić information content (AvgIpc) is 2.38. The molecule has 0 spiro atoms. The number of nitro groups is 1. The van der Waals surface area contributed by atoms with Gasteiger partial charge in [-0.05, 0) is 25.1 Å². The lowest BCUT2D eigenvalue weighted by Gasteiger charge is -2.07. The van der Waals surface area contributed by atoms with Crippen molar-refractivity contribution in [1.29, 1.82) is 0 Å².